The Hall–Kier alpha value is -1.63. The van der Waals surface area contributed by atoms with Crippen molar-refractivity contribution in [1.29, 1.82) is 0 Å². The molecule has 0 bridgehead atoms. The maximum Gasteiger partial charge on any atom is 0.220 e. The fourth-order valence-corrected chi connectivity index (χ4v) is 1.88. The lowest BCUT2D eigenvalue weighted by atomic mass is 9.92. The van der Waals surface area contributed by atoms with Crippen molar-refractivity contribution in [2.45, 2.75) is 52.0 Å². The molecule has 122 valence electrons. The summed E-state index contributed by atoms with van der Waals surface area (Å²) >= 11 is 0. The first-order valence-electron chi connectivity index (χ1n) is 7.41. The number of carbonyl (C=O) groups excluding carboxylic acids is 3. The van der Waals surface area contributed by atoms with Crippen molar-refractivity contribution in [3.05, 3.63) is 0 Å². The number of nitrogens with one attached hydrogen (secondary N) is 3. The summed E-state index contributed by atoms with van der Waals surface area (Å²) in [6, 6.07) is 0. The van der Waals surface area contributed by atoms with Crippen molar-refractivity contribution in [2.75, 3.05) is 19.6 Å². The van der Waals surface area contributed by atoms with E-state index in [4.69, 9.17) is 5.73 Å². The second-order valence-electron chi connectivity index (χ2n) is 5.07. The van der Waals surface area contributed by atoms with Crippen molar-refractivity contribution in [1.82, 2.24) is 16.0 Å². The molecule has 0 saturated heterocycles. The van der Waals surface area contributed by atoms with E-state index >= 15 is 0 Å². The van der Waals surface area contributed by atoms with Crippen molar-refractivity contribution < 1.29 is 14.4 Å². The molecule has 0 aliphatic carbocycles. The first kappa shape index (κ1) is 19.4. The lowest BCUT2D eigenvalue weighted by molar-refractivity contribution is -0.127. The zero-order chi connectivity index (χ0) is 16.3. The van der Waals surface area contributed by atoms with Gasteiger partial charge in [0.15, 0.2) is 0 Å². The van der Waals surface area contributed by atoms with E-state index in [-0.39, 0.29) is 36.1 Å². The number of rotatable bonds is 10. The highest BCUT2D eigenvalue weighted by Gasteiger charge is 2.26. The van der Waals surface area contributed by atoms with Crippen LogP contribution < -0.4 is 21.7 Å². The average molecular weight is 300 g/mol. The second-order valence-corrected chi connectivity index (χ2v) is 5.07. The van der Waals surface area contributed by atoms with Gasteiger partial charge in [-0.2, -0.15) is 0 Å². The highest BCUT2D eigenvalue weighted by atomic mass is 16.2. The Kier molecular flexibility index (Phi) is 9.36. The van der Waals surface area contributed by atoms with Gasteiger partial charge in [-0.25, -0.2) is 0 Å². The van der Waals surface area contributed by atoms with Crippen LogP contribution in [0.2, 0.25) is 0 Å². The number of amides is 3. The minimum absolute atomic E-state index is 0.125. The molecular weight excluding hydrogens is 272 g/mol. The zero-order valence-corrected chi connectivity index (χ0v) is 13.3. The number of nitrogens with two attached hydrogens (primary N) is 1. The van der Waals surface area contributed by atoms with Crippen molar-refractivity contribution in [2.24, 2.45) is 5.73 Å². The molecule has 0 radical (unpaired) electrons. The molecule has 0 atom stereocenters. The molecule has 7 nitrogen and oxygen atoms in total. The van der Waals surface area contributed by atoms with Crippen LogP contribution in [0.5, 0.6) is 0 Å². The van der Waals surface area contributed by atoms with Crippen LogP contribution in [0.15, 0.2) is 0 Å². The van der Waals surface area contributed by atoms with Crippen molar-refractivity contribution >= 4 is 17.7 Å². The largest absolute Gasteiger partial charge is 0.355 e. The molecular formula is C14H28N4O3. The summed E-state index contributed by atoms with van der Waals surface area (Å²) in [6.07, 6.45) is 1.77. The Bertz CT molecular complexity index is 346. The van der Waals surface area contributed by atoms with Gasteiger partial charge in [-0.15, -0.1) is 0 Å². The first-order valence-corrected chi connectivity index (χ1v) is 7.41. The van der Waals surface area contributed by atoms with E-state index in [2.05, 4.69) is 16.0 Å². The quantitative estimate of drug-likeness (QED) is 0.413. The number of carbonyl (C=O) groups is 3. The maximum atomic E-state index is 11.9. The minimum Gasteiger partial charge on any atom is -0.355 e. The summed E-state index contributed by atoms with van der Waals surface area (Å²) < 4.78 is 0. The van der Waals surface area contributed by atoms with E-state index in [0.29, 0.717) is 19.6 Å². The molecule has 3 amide bonds. The Labute approximate surface area is 126 Å². The van der Waals surface area contributed by atoms with Crippen LogP contribution >= 0.6 is 0 Å². The minimum atomic E-state index is -0.376. The van der Waals surface area contributed by atoms with E-state index in [9.17, 15) is 14.4 Å². The highest BCUT2D eigenvalue weighted by molar-refractivity contribution is 5.84. The molecule has 0 unspecified atom stereocenters. The monoisotopic (exact) mass is 300 g/mol. The van der Waals surface area contributed by atoms with Crippen LogP contribution in [0, 0.1) is 0 Å². The second kappa shape index (κ2) is 10.1. The maximum absolute atomic E-state index is 11.9. The lowest BCUT2D eigenvalue weighted by Crippen LogP contribution is -2.53. The molecule has 0 heterocycles. The Morgan fingerprint density at radius 3 is 1.95 bits per heavy atom. The van der Waals surface area contributed by atoms with Crippen LogP contribution in [0.1, 0.15) is 46.5 Å². The Morgan fingerprint density at radius 2 is 1.48 bits per heavy atom. The molecule has 0 saturated carbocycles. The molecule has 0 aromatic heterocycles. The summed E-state index contributed by atoms with van der Waals surface area (Å²) in [5.74, 6) is -0.510. The van der Waals surface area contributed by atoms with Gasteiger partial charge in [0.05, 0.1) is 5.54 Å². The SMILES string of the molecule is CCC(CC)(CN)NC(=O)CCC(=O)NCCNC(C)=O. The molecule has 0 fully saturated rings. The summed E-state index contributed by atoms with van der Waals surface area (Å²) in [6.45, 7) is 6.49. The molecule has 0 aromatic rings. The highest BCUT2D eigenvalue weighted by Crippen LogP contribution is 2.13. The molecule has 7 heteroatoms. The fourth-order valence-electron chi connectivity index (χ4n) is 1.88. The predicted octanol–water partition coefficient (Wildman–Crippen LogP) is -0.347. The zero-order valence-electron chi connectivity index (χ0n) is 13.3. The Morgan fingerprint density at radius 1 is 0.952 bits per heavy atom. The predicted molar refractivity (Wildman–Crippen MR) is 81.4 cm³/mol. The molecule has 21 heavy (non-hydrogen) atoms. The van der Waals surface area contributed by atoms with Gasteiger partial charge >= 0.3 is 0 Å². The molecule has 0 rings (SSSR count). The normalized spacial score (nSPS) is 10.9. The summed E-state index contributed by atoms with van der Waals surface area (Å²) in [5, 5.41) is 8.13. The van der Waals surface area contributed by atoms with Gasteiger partial charge in [-0.05, 0) is 12.8 Å². The lowest BCUT2D eigenvalue weighted by Gasteiger charge is -2.31. The van der Waals surface area contributed by atoms with E-state index in [1.807, 2.05) is 13.8 Å². The van der Waals surface area contributed by atoms with Crippen LogP contribution in [0.4, 0.5) is 0 Å². The third kappa shape index (κ3) is 8.29. The van der Waals surface area contributed by atoms with Crippen LogP contribution in [0.3, 0.4) is 0 Å². The van der Waals surface area contributed by atoms with Gasteiger partial charge < -0.3 is 21.7 Å². The smallest absolute Gasteiger partial charge is 0.220 e. The van der Waals surface area contributed by atoms with Crippen molar-refractivity contribution in [3.63, 3.8) is 0 Å². The molecule has 0 aromatic carbocycles. The van der Waals surface area contributed by atoms with Gasteiger partial charge in [-0.1, -0.05) is 13.8 Å². The molecule has 0 aliphatic rings. The topological polar surface area (TPSA) is 113 Å². The van der Waals surface area contributed by atoms with E-state index < -0.39 is 0 Å². The summed E-state index contributed by atoms with van der Waals surface area (Å²) in [4.78, 5) is 34.0. The van der Waals surface area contributed by atoms with Gasteiger partial charge in [0.1, 0.15) is 0 Å². The third-order valence-corrected chi connectivity index (χ3v) is 3.55. The third-order valence-electron chi connectivity index (χ3n) is 3.55. The summed E-state index contributed by atoms with van der Waals surface area (Å²) in [7, 11) is 0. The van der Waals surface area contributed by atoms with Gasteiger partial charge in [0, 0.05) is 39.4 Å². The molecule has 0 spiro atoms. The van der Waals surface area contributed by atoms with Crippen LogP contribution in [-0.2, 0) is 14.4 Å². The van der Waals surface area contributed by atoms with E-state index in [1.54, 1.807) is 0 Å². The van der Waals surface area contributed by atoms with Crippen molar-refractivity contribution in [3.8, 4) is 0 Å². The van der Waals surface area contributed by atoms with Gasteiger partial charge in [-0.3, -0.25) is 14.4 Å². The van der Waals surface area contributed by atoms with Gasteiger partial charge in [0.25, 0.3) is 0 Å². The van der Waals surface area contributed by atoms with E-state index in [0.717, 1.165) is 12.8 Å². The number of hydrogen-bond donors (Lipinski definition) is 4. The molecule has 0 aliphatic heterocycles. The summed E-state index contributed by atoms with van der Waals surface area (Å²) in [5.41, 5.74) is 5.33. The average Bonchev–Trinajstić information content (AvgIpc) is 2.47. The number of hydrogen-bond acceptors (Lipinski definition) is 4. The standard InChI is InChI=1S/C14H28N4O3/c1-4-14(5-2,10-15)18-13(21)7-6-12(20)17-9-8-16-11(3)19/h4-10,15H2,1-3H3,(H,16,19)(H,17,20)(H,18,21). The molecule has 5 N–H and O–H groups in total. The Balaban J connectivity index is 3.96. The van der Waals surface area contributed by atoms with Crippen LogP contribution in [-0.4, -0.2) is 42.9 Å². The van der Waals surface area contributed by atoms with Gasteiger partial charge in [0.2, 0.25) is 17.7 Å². The van der Waals surface area contributed by atoms with E-state index in [1.165, 1.54) is 6.92 Å². The first-order chi connectivity index (χ1) is 9.89. The fraction of sp³-hybridized carbons (Fsp3) is 0.786. The van der Waals surface area contributed by atoms with Crippen LogP contribution in [0.25, 0.3) is 0 Å².